The highest BCUT2D eigenvalue weighted by Gasteiger charge is 2.05. The number of benzene rings is 2. The van der Waals surface area contributed by atoms with Crippen LogP contribution in [-0.4, -0.2) is 7.11 Å². The molecule has 0 spiro atoms. The first-order valence-corrected chi connectivity index (χ1v) is 6.11. The van der Waals surface area contributed by atoms with Gasteiger partial charge in [0.1, 0.15) is 5.75 Å². The van der Waals surface area contributed by atoms with Crippen LogP contribution in [0.3, 0.4) is 0 Å². The van der Waals surface area contributed by atoms with Crippen LogP contribution < -0.4 is 9.47 Å². The van der Waals surface area contributed by atoms with E-state index >= 15 is 0 Å². The third-order valence-electron chi connectivity index (χ3n) is 2.82. The van der Waals surface area contributed by atoms with Crippen LogP contribution in [0, 0.1) is 0 Å². The zero-order valence-corrected chi connectivity index (χ0v) is 11.0. The van der Waals surface area contributed by atoms with Crippen molar-refractivity contribution >= 4 is 0 Å². The Morgan fingerprint density at radius 1 is 0.889 bits per heavy atom. The summed E-state index contributed by atoms with van der Waals surface area (Å²) in [5.74, 6) is 2.81. The third-order valence-corrected chi connectivity index (χ3v) is 2.82. The fourth-order valence-electron chi connectivity index (χ4n) is 1.77. The van der Waals surface area contributed by atoms with E-state index in [9.17, 15) is 0 Å². The molecule has 0 aliphatic carbocycles. The number of methoxy groups -OCH3 is 1. The lowest BCUT2D eigenvalue weighted by Crippen LogP contribution is -1.92. The summed E-state index contributed by atoms with van der Waals surface area (Å²) in [7, 11) is 1.65. The SMILES string of the molecule is COc1ccccc1Oc1cccc(C(C)C)c1. The normalized spacial score (nSPS) is 10.4. The molecule has 0 amide bonds. The van der Waals surface area contributed by atoms with Crippen molar-refractivity contribution in [2.75, 3.05) is 7.11 Å². The summed E-state index contributed by atoms with van der Waals surface area (Å²) >= 11 is 0. The fourth-order valence-corrected chi connectivity index (χ4v) is 1.77. The molecular formula is C16H18O2. The van der Waals surface area contributed by atoms with E-state index in [0.717, 1.165) is 17.2 Å². The molecule has 0 atom stereocenters. The number of ether oxygens (including phenoxy) is 2. The van der Waals surface area contributed by atoms with E-state index in [0.29, 0.717) is 5.92 Å². The van der Waals surface area contributed by atoms with E-state index in [1.807, 2.05) is 36.4 Å². The second kappa shape index (κ2) is 5.58. The highest BCUT2D eigenvalue weighted by molar-refractivity contribution is 5.43. The molecule has 0 saturated heterocycles. The van der Waals surface area contributed by atoms with E-state index in [4.69, 9.17) is 9.47 Å². The molecule has 18 heavy (non-hydrogen) atoms. The molecule has 0 unspecified atom stereocenters. The second-order valence-corrected chi connectivity index (χ2v) is 4.48. The minimum Gasteiger partial charge on any atom is -0.493 e. The third kappa shape index (κ3) is 2.83. The largest absolute Gasteiger partial charge is 0.493 e. The van der Waals surface area contributed by atoms with Gasteiger partial charge in [-0.2, -0.15) is 0 Å². The van der Waals surface area contributed by atoms with Gasteiger partial charge in [0.15, 0.2) is 11.5 Å². The predicted molar refractivity (Wildman–Crippen MR) is 73.6 cm³/mol. The Morgan fingerprint density at radius 3 is 2.28 bits per heavy atom. The van der Waals surface area contributed by atoms with Gasteiger partial charge in [-0.15, -0.1) is 0 Å². The van der Waals surface area contributed by atoms with Crippen molar-refractivity contribution in [1.29, 1.82) is 0 Å². The molecule has 0 saturated carbocycles. The summed E-state index contributed by atoms with van der Waals surface area (Å²) in [6.45, 7) is 4.34. The molecule has 0 N–H and O–H groups in total. The molecule has 2 aromatic carbocycles. The monoisotopic (exact) mass is 242 g/mol. The minimum atomic E-state index is 0.492. The Labute approximate surface area is 108 Å². The standard InChI is InChI=1S/C16H18O2/c1-12(2)13-7-6-8-14(11-13)18-16-10-5-4-9-15(16)17-3/h4-12H,1-3H3. The van der Waals surface area contributed by atoms with E-state index in [1.54, 1.807) is 7.11 Å². The number of hydrogen-bond acceptors (Lipinski definition) is 2. The summed E-state index contributed by atoms with van der Waals surface area (Å²) in [6, 6.07) is 15.8. The van der Waals surface area contributed by atoms with Gasteiger partial charge in [-0.05, 0) is 35.7 Å². The quantitative estimate of drug-likeness (QED) is 0.779. The van der Waals surface area contributed by atoms with Crippen LogP contribution >= 0.6 is 0 Å². The van der Waals surface area contributed by atoms with Crippen molar-refractivity contribution in [3.05, 3.63) is 54.1 Å². The Hall–Kier alpha value is -1.96. The average molecular weight is 242 g/mol. The summed E-state index contributed by atoms with van der Waals surface area (Å²) in [6.07, 6.45) is 0. The van der Waals surface area contributed by atoms with Gasteiger partial charge in [-0.3, -0.25) is 0 Å². The molecule has 2 nitrogen and oxygen atoms in total. The van der Waals surface area contributed by atoms with Crippen molar-refractivity contribution in [2.45, 2.75) is 19.8 Å². The van der Waals surface area contributed by atoms with Crippen molar-refractivity contribution < 1.29 is 9.47 Å². The van der Waals surface area contributed by atoms with Gasteiger partial charge in [0, 0.05) is 0 Å². The molecule has 2 heteroatoms. The summed E-state index contributed by atoms with van der Waals surface area (Å²) in [5, 5.41) is 0. The van der Waals surface area contributed by atoms with Gasteiger partial charge in [0.2, 0.25) is 0 Å². The van der Waals surface area contributed by atoms with E-state index < -0.39 is 0 Å². The molecular weight excluding hydrogens is 224 g/mol. The summed E-state index contributed by atoms with van der Waals surface area (Å²) in [4.78, 5) is 0. The van der Waals surface area contributed by atoms with Gasteiger partial charge in [0.05, 0.1) is 7.11 Å². The average Bonchev–Trinajstić information content (AvgIpc) is 2.39. The maximum atomic E-state index is 5.87. The molecule has 0 bridgehead atoms. The van der Waals surface area contributed by atoms with Crippen LogP contribution in [0.4, 0.5) is 0 Å². The van der Waals surface area contributed by atoms with Crippen molar-refractivity contribution in [3.8, 4) is 17.2 Å². The summed E-state index contributed by atoms with van der Waals surface area (Å²) in [5.41, 5.74) is 1.27. The highest BCUT2D eigenvalue weighted by Crippen LogP contribution is 2.31. The first kappa shape index (κ1) is 12.5. The minimum absolute atomic E-state index is 0.492. The van der Waals surface area contributed by atoms with Gasteiger partial charge >= 0.3 is 0 Å². The first-order chi connectivity index (χ1) is 8.70. The molecule has 94 valence electrons. The number of hydrogen-bond donors (Lipinski definition) is 0. The number of rotatable bonds is 4. The lowest BCUT2D eigenvalue weighted by molar-refractivity contribution is 0.378. The van der Waals surface area contributed by atoms with Crippen LogP contribution in [0.5, 0.6) is 17.2 Å². The molecule has 0 radical (unpaired) electrons. The maximum Gasteiger partial charge on any atom is 0.169 e. The maximum absolute atomic E-state index is 5.87. The Balaban J connectivity index is 2.25. The van der Waals surface area contributed by atoms with Crippen LogP contribution in [0.25, 0.3) is 0 Å². The molecule has 2 rings (SSSR count). The summed E-state index contributed by atoms with van der Waals surface area (Å²) < 4.78 is 11.1. The van der Waals surface area contributed by atoms with Gasteiger partial charge in [-0.25, -0.2) is 0 Å². The zero-order chi connectivity index (χ0) is 13.0. The van der Waals surface area contributed by atoms with Crippen molar-refractivity contribution in [3.63, 3.8) is 0 Å². The first-order valence-electron chi connectivity index (χ1n) is 6.11. The van der Waals surface area contributed by atoms with Crippen LogP contribution in [-0.2, 0) is 0 Å². The Morgan fingerprint density at radius 2 is 1.61 bits per heavy atom. The van der Waals surface area contributed by atoms with E-state index in [2.05, 4.69) is 26.0 Å². The highest BCUT2D eigenvalue weighted by atomic mass is 16.5. The lowest BCUT2D eigenvalue weighted by atomic mass is 10.0. The van der Waals surface area contributed by atoms with E-state index in [1.165, 1.54) is 5.56 Å². The molecule has 0 heterocycles. The smallest absolute Gasteiger partial charge is 0.169 e. The zero-order valence-electron chi connectivity index (χ0n) is 11.0. The predicted octanol–water partition coefficient (Wildman–Crippen LogP) is 4.61. The van der Waals surface area contributed by atoms with Crippen LogP contribution in [0.2, 0.25) is 0 Å². The second-order valence-electron chi connectivity index (χ2n) is 4.48. The molecule has 2 aromatic rings. The van der Waals surface area contributed by atoms with Crippen LogP contribution in [0.15, 0.2) is 48.5 Å². The van der Waals surface area contributed by atoms with Crippen LogP contribution in [0.1, 0.15) is 25.3 Å². The number of para-hydroxylation sites is 2. The Kier molecular flexibility index (Phi) is 3.88. The molecule has 0 aliphatic heterocycles. The van der Waals surface area contributed by atoms with Gasteiger partial charge in [-0.1, -0.05) is 38.1 Å². The van der Waals surface area contributed by atoms with Gasteiger partial charge in [0.25, 0.3) is 0 Å². The fraction of sp³-hybridized carbons (Fsp3) is 0.250. The van der Waals surface area contributed by atoms with Crippen molar-refractivity contribution in [1.82, 2.24) is 0 Å². The Bertz CT molecular complexity index is 518. The molecule has 0 aromatic heterocycles. The topological polar surface area (TPSA) is 18.5 Å². The van der Waals surface area contributed by atoms with Crippen molar-refractivity contribution in [2.24, 2.45) is 0 Å². The molecule has 0 fully saturated rings. The molecule has 0 aliphatic rings. The lowest BCUT2D eigenvalue weighted by Gasteiger charge is -2.12. The van der Waals surface area contributed by atoms with E-state index in [-0.39, 0.29) is 0 Å². The van der Waals surface area contributed by atoms with Gasteiger partial charge < -0.3 is 9.47 Å².